The minimum Gasteiger partial charge on any atom is -0.477 e. The van der Waals surface area contributed by atoms with Crippen LogP contribution in [0.3, 0.4) is 0 Å². The highest BCUT2D eigenvalue weighted by Crippen LogP contribution is 2.36. The van der Waals surface area contributed by atoms with E-state index in [2.05, 4.69) is 10.1 Å². The number of rotatable bonds is 3. The third-order valence-corrected chi connectivity index (χ3v) is 6.54. The average Bonchev–Trinajstić information content (AvgIpc) is 3.14. The number of amides is 1. The van der Waals surface area contributed by atoms with Crippen molar-refractivity contribution in [3.63, 3.8) is 0 Å². The van der Waals surface area contributed by atoms with Crippen molar-refractivity contribution in [1.82, 2.24) is 19.7 Å². The number of ether oxygens (including phenoxy) is 1. The Balaban J connectivity index is 1.40. The summed E-state index contributed by atoms with van der Waals surface area (Å²) in [6.07, 6.45) is -2.09. The van der Waals surface area contributed by atoms with Crippen LogP contribution in [0.5, 0.6) is 5.88 Å². The Bertz CT molecular complexity index is 1190. The molecule has 35 heavy (non-hydrogen) atoms. The maximum atomic E-state index is 13.8. The molecule has 0 bridgehead atoms. The smallest absolute Gasteiger partial charge is 0.417 e. The summed E-state index contributed by atoms with van der Waals surface area (Å²) in [5.74, 6) is 0.906. The Morgan fingerprint density at radius 1 is 1.06 bits per heavy atom. The lowest BCUT2D eigenvalue weighted by Crippen LogP contribution is -2.40. The summed E-state index contributed by atoms with van der Waals surface area (Å²) in [6, 6.07) is 12.0. The van der Waals surface area contributed by atoms with Gasteiger partial charge in [-0.1, -0.05) is 30.3 Å². The number of carbonyl (C=O) groups excluding carboxylic acids is 1. The summed E-state index contributed by atoms with van der Waals surface area (Å²) in [5.41, 5.74) is 1.16. The second-order valence-corrected chi connectivity index (χ2v) is 8.85. The highest BCUT2D eigenvalue weighted by atomic mass is 19.4. The summed E-state index contributed by atoms with van der Waals surface area (Å²) in [7, 11) is 0. The third kappa shape index (κ3) is 4.56. The quantitative estimate of drug-likeness (QED) is 0.547. The van der Waals surface area contributed by atoms with Crippen LogP contribution in [0.2, 0.25) is 0 Å². The molecule has 7 nitrogen and oxygen atoms in total. The first-order chi connectivity index (χ1) is 16.8. The normalized spacial score (nSPS) is 18.6. The molecule has 4 heterocycles. The second kappa shape index (κ2) is 9.24. The molecule has 1 amide bonds. The molecule has 3 aromatic rings. The molecule has 0 aliphatic carbocycles. The standard InChI is InChI=1S/C25H26F3N5O2/c1-17-10-12-31(20-9-8-19(16-29-20)25(26,27)28)13-14-32(17)23(34)22-21(18-6-3-2-4-7-18)24-33(30-22)11-5-15-35-24/h2-4,6-9,16-17H,5,10-15H2,1H3/t17-/m1/s1. The van der Waals surface area contributed by atoms with Gasteiger partial charge in [0.05, 0.1) is 17.7 Å². The van der Waals surface area contributed by atoms with Gasteiger partial charge in [-0.25, -0.2) is 9.67 Å². The molecule has 2 aromatic heterocycles. The van der Waals surface area contributed by atoms with Crippen molar-refractivity contribution in [2.24, 2.45) is 0 Å². The fourth-order valence-corrected chi connectivity index (χ4v) is 4.61. The molecule has 0 spiro atoms. The Hall–Kier alpha value is -3.56. The Morgan fingerprint density at radius 3 is 2.57 bits per heavy atom. The van der Waals surface area contributed by atoms with Crippen LogP contribution in [-0.4, -0.2) is 57.9 Å². The number of nitrogens with zero attached hydrogens (tertiary/aromatic N) is 5. The third-order valence-electron chi connectivity index (χ3n) is 6.54. The van der Waals surface area contributed by atoms with Crippen molar-refractivity contribution in [1.29, 1.82) is 0 Å². The molecule has 0 saturated carbocycles. The van der Waals surface area contributed by atoms with Gasteiger partial charge in [0.15, 0.2) is 5.69 Å². The van der Waals surface area contributed by atoms with Crippen LogP contribution in [0, 0.1) is 0 Å². The van der Waals surface area contributed by atoms with E-state index in [-0.39, 0.29) is 11.9 Å². The number of hydrogen-bond donors (Lipinski definition) is 0. The van der Waals surface area contributed by atoms with E-state index in [9.17, 15) is 18.0 Å². The highest BCUT2D eigenvalue weighted by Gasteiger charge is 2.34. The first-order valence-corrected chi connectivity index (χ1v) is 11.7. The zero-order chi connectivity index (χ0) is 24.6. The number of carbonyl (C=O) groups is 1. The van der Waals surface area contributed by atoms with Gasteiger partial charge in [-0.05, 0) is 31.0 Å². The van der Waals surface area contributed by atoms with Crippen LogP contribution in [-0.2, 0) is 12.7 Å². The van der Waals surface area contributed by atoms with Crippen molar-refractivity contribution in [3.8, 4) is 17.0 Å². The summed E-state index contributed by atoms with van der Waals surface area (Å²) in [6.45, 7) is 4.69. The molecule has 2 aliphatic heterocycles. The predicted octanol–water partition coefficient (Wildman–Crippen LogP) is 4.49. The number of hydrogen-bond acceptors (Lipinski definition) is 5. The molecular formula is C25H26F3N5O2. The van der Waals surface area contributed by atoms with Crippen LogP contribution in [0.4, 0.5) is 19.0 Å². The van der Waals surface area contributed by atoms with E-state index in [0.717, 1.165) is 24.2 Å². The SMILES string of the molecule is C[C@@H]1CCN(c2ccc(C(F)(F)F)cn2)CCN1C(=O)c1nn2c(c1-c1ccccc1)OCCC2. The Labute approximate surface area is 201 Å². The van der Waals surface area contributed by atoms with E-state index in [4.69, 9.17) is 4.74 Å². The van der Waals surface area contributed by atoms with Gasteiger partial charge in [0.25, 0.3) is 5.91 Å². The molecular weight excluding hydrogens is 459 g/mol. The topological polar surface area (TPSA) is 63.5 Å². The van der Waals surface area contributed by atoms with Gasteiger partial charge >= 0.3 is 6.18 Å². The summed E-state index contributed by atoms with van der Waals surface area (Å²) in [4.78, 5) is 21.6. The molecule has 10 heteroatoms. The summed E-state index contributed by atoms with van der Waals surface area (Å²) < 4.78 is 46.4. The van der Waals surface area contributed by atoms with Crippen LogP contribution < -0.4 is 9.64 Å². The molecule has 2 aliphatic rings. The second-order valence-electron chi connectivity index (χ2n) is 8.85. The minimum atomic E-state index is -4.42. The lowest BCUT2D eigenvalue weighted by molar-refractivity contribution is -0.137. The molecule has 1 aromatic carbocycles. The maximum Gasteiger partial charge on any atom is 0.417 e. The number of aryl methyl sites for hydroxylation is 1. The Morgan fingerprint density at radius 2 is 1.86 bits per heavy atom. The summed E-state index contributed by atoms with van der Waals surface area (Å²) in [5, 5.41) is 4.65. The van der Waals surface area contributed by atoms with E-state index in [1.807, 2.05) is 42.2 Å². The molecule has 0 N–H and O–H groups in total. The maximum absolute atomic E-state index is 13.8. The predicted molar refractivity (Wildman–Crippen MR) is 124 cm³/mol. The zero-order valence-corrected chi connectivity index (χ0v) is 19.3. The minimum absolute atomic E-state index is 0.0785. The van der Waals surface area contributed by atoms with Crippen molar-refractivity contribution in [2.75, 3.05) is 31.1 Å². The number of benzene rings is 1. The highest BCUT2D eigenvalue weighted by molar-refractivity contribution is 6.00. The molecule has 1 fully saturated rings. The van der Waals surface area contributed by atoms with Crippen LogP contribution >= 0.6 is 0 Å². The molecule has 1 atom stereocenters. The number of pyridine rings is 1. The van der Waals surface area contributed by atoms with E-state index in [0.29, 0.717) is 62.2 Å². The molecule has 5 rings (SSSR count). The molecule has 0 unspecified atom stereocenters. The van der Waals surface area contributed by atoms with Crippen LogP contribution in [0.15, 0.2) is 48.7 Å². The fraction of sp³-hybridized carbons (Fsp3) is 0.400. The van der Waals surface area contributed by atoms with E-state index in [1.54, 1.807) is 9.58 Å². The zero-order valence-electron chi connectivity index (χ0n) is 19.3. The number of alkyl halides is 3. The van der Waals surface area contributed by atoms with Gasteiger partial charge in [0.1, 0.15) is 5.82 Å². The van der Waals surface area contributed by atoms with Crippen molar-refractivity contribution >= 4 is 11.7 Å². The molecule has 184 valence electrons. The lowest BCUT2D eigenvalue weighted by Gasteiger charge is -2.26. The first kappa shape index (κ1) is 23.2. The van der Waals surface area contributed by atoms with Crippen molar-refractivity contribution in [3.05, 3.63) is 59.9 Å². The van der Waals surface area contributed by atoms with E-state index < -0.39 is 11.7 Å². The molecule has 0 radical (unpaired) electrons. The van der Waals surface area contributed by atoms with Gasteiger partial charge in [-0.15, -0.1) is 0 Å². The number of fused-ring (bicyclic) bond motifs is 1. The number of halogens is 3. The van der Waals surface area contributed by atoms with Gasteiger partial charge in [-0.2, -0.15) is 18.3 Å². The Kier molecular flexibility index (Phi) is 6.12. The van der Waals surface area contributed by atoms with Crippen molar-refractivity contribution in [2.45, 2.75) is 38.5 Å². The van der Waals surface area contributed by atoms with Gasteiger partial charge in [0, 0.05) is 44.8 Å². The first-order valence-electron chi connectivity index (χ1n) is 11.7. The number of aromatic nitrogens is 3. The number of anilines is 1. The summed E-state index contributed by atoms with van der Waals surface area (Å²) >= 11 is 0. The molecule has 1 saturated heterocycles. The van der Waals surface area contributed by atoms with Gasteiger partial charge < -0.3 is 14.5 Å². The van der Waals surface area contributed by atoms with Gasteiger partial charge in [-0.3, -0.25) is 4.79 Å². The largest absolute Gasteiger partial charge is 0.477 e. The fourth-order valence-electron chi connectivity index (χ4n) is 4.61. The average molecular weight is 486 g/mol. The monoisotopic (exact) mass is 485 g/mol. The van der Waals surface area contributed by atoms with Gasteiger partial charge in [0.2, 0.25) is 5.88 Å². The van der Waals surface area contributed by atoms with E-state index >= 15 is 0 Å². The van der Waals surface area contributed by atoms with Crippen LogP contribution in [0.25, 0.3) is 11.1 Å². The van der Waals surface area contributed by atoms with Crippen molar-refractivity contribution < 1.29 is 22.7 Å². The van der Waals surface area contributed by atoms with Crippen LogP contribution in [0.1, 0.15) is 35.8 Å². The van der Waals surface area contributed by atoms with E-state index in [1.165, 1.54) is 6.07 Å². The lowest BCUT2D eigenvalue weighted by atomic mass is 10.0.